The van der Waals surface area contributed by atoms with Gasteiger partial charge in [0, 0.05) is 13.1 Å². The van der Waals surface area contributed by atoms with E-state index < -0.39 is 0 Å². The Morgan fingerprint density at radius 2 is 2.00 bits per heavy atom. The van der Waals surface area contributed by atoms with Crippen LogP contribution in [-0.4, -0.2) is 12.0 Å². The zero-order valence-electron chi connectivity index (χ0n) is 9.34. The maximum atomic E-state index is 8.93. The molecule has 1 N–H and O–H groups in total. The Kier molecular flexibility index (Phi) is 3.22. The molecule has 0 atom stereocenters. The molecule has 1 heterocycles. The number of benzene rings is 1. The van der Waals surface area contributed by atoms with Crippen LogP contribution < -0.4 is 10.1 Å². The highest BCUT2D eigenvalue weighted by Crippen LogP contribution is 2.23. The van der Waals surface area contributed by atoms with Crippen LogP contribution in [-0.2, 0) is 0 Å². The zero-order chi connectivity index (χ0) is 12.1. The summed E-state index contributed by atoms with van der Waals surface area (Å²) in [4.78, 5) is 4.22. The Morgan fingerprint density at radius 3 is 2.76 bits per heavy atom. The first-order valence-electron chi connectivity index (χ1n) is 5.15. The monoisotopic (exact) mass is 225 g/mol. The number of rotatable bonds is 3. The zero-order valence-corrected chi connectivity index (χ0v) is 9.34. The smallest absolute Gasteiger partial charge is 0.221 e. The van der Waals surface area contributed by atoms with Crippen LogP contribution in [0.3, 0.4) is 0 Å². The van der Waals surface area contributed by atoms with Crippen molar-refractivity contribution in [2.45, 2.75) is 0 Å². The van der Waals surface area contributed by atoms with E-state index in [-0.39, 0.29) is 0 Å². The molecule has 0 amide bonds. The first-order valence-corrected chi connectivity index (χ1v) is 5.15. The van der Waals surface area contributed by atoms with Gasteiger partial charge in [-0.25, -0.2) is 0 Å². The molecule has 0 aliphatic rings. The van der Waals surface area contributed by atoms with Crippen molar-refractivity contribution in [2.24, 2.45) is 0 Å². The van der Waals surface area contributed by atoms with Crippen molar-refractivity contribution in [3.63, 3.8) is 0 Å². The van der Waals surface area contributed by atoms with Crippen molar-refractivity contribution >= 4 is 5.82 Å². The van der Waals surface area contributed by atoms with Gasteiger partial charge in [0.15, 0.2) is 0 Å². The Balaban J connectivity index is 2.28. The molecule has 4 heteroatoms. The van der Waals surface area contributed by atoms with E-state index in [1.54, 1.807) is 31.3 Å². The van der Waals surface area contributed by atoms with Crippen LogP contribution in [0.15, 0.2) is 42.5 Å². The second-order valence-corrected chi connectivity index (χ2v) is 3.32. The molecule has 0 fully saturated rings. The molecule has 84 valence electrons. The number of nitrogens with zero attached hydrogens (tertiary/aromatic N) is 2. The van der Waals surface area contributed by atoms with Gasteiger partial charge in [0.2, 0.25) is 5.88 Å². The number of pyridine rings is 1. The lowest BCUT2D eigenvalue weighted by Gasteiger charge is -2.07. The van der Waals surface area contributed by atoms with E-state index >= 15 is 0 Å². The van der Waals surface area contributed by atoms with E-state index in [1.807, 2.05) is 18.2 Å². The van der Waals surface area contributed by atoms with Crippen LogP contribution in [0.25, 0.3) is 0 Å². The molecule has 0 unspecified atom stereocenters. The van der Waals surface area contributed by atoms with Gasteiger partial charge in [-0.05, 0) is 18.2 Å². The molecule has 17 heavy (non-hydrogen) atoms. The summed E-state index contributed by atoms with van der Waals surface area (Å²) in [5, 5.41) is 11.9. The predicted molar refractivity (Wildman–Crippen MR) is 65.0 cm³/mol. The highest BCUT2D eigenvalue weighted by molar-refractivity contribution is 5.45. The number of hydrogen-bond acceptors (Lipinski definition) is 4. The first kappa shape index (κ1) is 11.0. The number of hydrogen-bond donors (Lipinski definition) is 1. The molecule has 2 rings (SSSR count). The van der Waals surface area contributed by atoms with Crippen molar-refractivity contribution in [1.82, 2.24) is 4.98 Å². The molecular weight excluding hydrogens is 214 g/mol. The lowest BCUT2D eigenvalue weighted by Crippen LogP contribution is -1.95. The van der Waals surface area contributed by atoms with Crippen LogP contribution in [0.4, 0.5) is 5.82 Å². The minimum atomic E-state index is 0.458. The molecule has 0 radical (unpaired) electrons. The maximum absolute atomic E-state index is 8.93. The number of nitriles is 1. The third kappa shape index (κ3) is 2.52. The minimum absolute atomic E-state index is 0.458. The number of ether oxygens (including phenoxy) is 1. The summed E-state index contributed by atoms with van der Waals surface area (Å²) in [6.45, 7) is 0. The van der Waals surface area contributed by atoms with Crippen molar-refractivity contribution in [3.05, 3.63) is 48.0 Å². The molecule has 0 saturated carbocycles. The highest BCUT2D eigenvalue weighted by Gasteiger charge is 2.04. The van der Waals surface area contributed by atoms with Gasteiger partial charge in [-0.1, -0.05) is 18.2 Å². The molecule has 0 spiro atoms. The van der Waals surface area contributed by atoms with E-state index in [1.165, 1.54) is 0 Å². The molecule has 1 aromatic heterocycles. The van der Waals surface area contributed by atoms with Gasteiger partial charge < -0.3 is 10.1 Å². The SMILES string of the molecule is CNc1cccc(Oc2ccccc2C#N)n1. The average Bonchev–Trinajstić information content (AvgIpc) is 2.39. The molecular formula is C13H11N3O. The van der Waals surface area contributed by atoms with Gasteiger partial charge in [0.25, 0.3) is 0 Å². The second-order valence-electron chi connectivity index (χ2n) is 3.32. The number of para-hydroxylation sites is 1. The Labute approximate surface area is 99.5 Å². The maximum Gasteiger partial charge on any atom is 0.221 e. The van der Waals surface area contributed by atoms with Crippen molar-refractivity contribution in [3.8, 4) is 17.7 Å². The Bertz CT molecular complexity index is 561. The normalized spacial score (nSPS) is 9.41. The summed E-state index contributed by atoms with van der Waals surface area (Å²) in [6.07, 6.45) is 0. The van der Waals surface area contributed by atoms with E-state index in [0.29, 0.717) is 17.2 Å². The number of nitrogens with one attached hydrogen (secondary N) is 1. The summed E-state index contributed by atoms with van der Waals surface area (Å²) in [5.41, 5.74) is 0.490. The van der Waals surface area contributed by atoms with Crippen LogP contribution in [0.1, 0.15) is 5.56 Å². The van der Waals surface area contributed by atoms with Crippen molar-refractivity contribution < 1.29 is 4.74 Å². The third-order valence-corrected chi connectivity index (χ3v) is 2.20. The van der Waals surface area contributed by atoms with Gasteiger partial charge in [-0.3, -0.25) is 0 Å². The summed E-state index contributed by atoms with van der Waals surface area (Å²) in [5.74, 6) is 1.69. The number of aromatic nitrogens is 1. The molecule has 0 aliphatic carbocycles. The van der Waals surface area contributed by atoms with Crippen LogP contribution in [0.2, 0.25) is 0 Å². The third-order valence-electron chi connectivity index (χ3n) is 2.20. The van der Waals surface area contributed by atoms with E-state index in [9.17, 15) is 0 Å². The highest BCUT2D eigenvalue weighted by atomic mass is 16.5. The van der Waals surface area contributed by atoms with Gasteiger partial charge in [0.05, 0.1) is 5.56 Å². The van der Waals surface area contributed by atoms with Gasteiger partial charge in [-0.15, -0.1) is 0 Å². The summed E-state index contributed by atoms with van der Waals surface area (Å²) >= 11 is 0. The van der Waals surface area contributed by atoms with Crippen LogP contribution >= 0.6 is 0 Å². The van der Waals surface area contributed by atoms with Gasteiger partial charge in [0.1, 0.15) is 17.6 Å². The van der Waals surface area contributed by atoms with Gasteiger partial charge in [-0.2, -0.15) is 10.2 Å². The Hall–Kier alpha value is -2.54. The molecule has 0 aliphatic heterocycles. The Morgan fingerprint density at radius 1 is 1.18 bits per heavy atom. The molecule has 2 aromatic rings. The van der Waals surface area contributed by atoms with Crippen molar-refractivity contribution in [2.75, 3.05) is 12.4 Å². The van der Waals surface area contributed by atoms with Crippen molar-refractivity contribution in [1.29, 1.82) is 5.26 Å². The molecule has 0 saturated heterocycles. The summed E-state index contributed by atoms with van der Waals surface area (Å²) in [6, 6.07) is 14.6. The van der Waals surface area contributed by atoms with E-state index in [4.69, 9.17) is 10.00 Å². The fraction of sp³-hybridized carbons (Fsp3) is 0.0769. The lowest BCUT2D eigenvalue weighted by molar-refractivity contribution is 0.462. The molecule has 0 bridgehead atoms. The lowest BCUT2D eigenvalue weighted by atomic mass is 10.2. The average molecular weight is 225 g/mol. The van der Waals surface area contributed by atoms with E-state index in [2.05, 4.69) is 16.4 Å². The molecule has 4 nitrogen and oxygen atoms in total. The van der Waals surface area contributed by atoms with E-state index in [0.717, 1.165) is 5.82 Å². The largest absolute Gasteiger partial charge is 0.438 e. The quantitative estimate of drug-likeness (QED) is 0.872. The van der Waals surface area contributed by atoms with Gasteiger partial charge >= 0.3 is 0 Å². The summed E-state index contributed by atoms with van der Waals surface area (Å²) < 4.78 is 5.57. The molecule has 1 aromatic carbocycles. The second kappa shape index (κ2) is 4.99. The fourth-order valence-electron chi connectivity index (χ4n) is 1.37. The minimum Gasteiger partial charge on any atom is -0.438 e. The standard InChI is InChI=1S/C13H11N3O/c1-15-12-7-4-8-13(16-12)17-11-6-3-2-5-10(11)9-14/h2-8H,1H3,(H,15,16). The first-order chi connectivity index (χ1) is 8.33. The van der Waals surface area contributed by atoms with Crippen LogP contribution in [0.5, 0.6) is 11.6 Å². The summed E-state index contributed by atoms with van der Waals surface area (Å²) in [7, 11) is 1.79. The predicted octanol–water partition coefficient (Wildman–Crippen LogP) is 2.79. The van der Waals surface area contributed by atoms with Crippen LogP contribution in [0, 0.1) is 11.3 Å². The number of anilines is 1. The topological polar surface area (TPSA) is 57.9 Å². The fourth-order valence-corrected chi connectivity index (χ4v) is 1.37.